The number of nitrogens with one attached hydrogen (secondary N) is 2. The number of rotatable bonds is 4. The second-order valence-corrected chi connectivity index (χ2v) is 7.05. The van der Waals surface area contributed by atoms with Crippen molar-refractivity contribution >= 4 is 32.1 Å². The summed E-state index contributed by atoms with van der Waals surface area (Å²) in [6.45, 7) is 0.0598. The molecule has 21 heavy (non-hydrogen) atoms. The Morgan fingerprint density at radius 1 is 1.10 bits per heavy atom. The molecule has 0 saturated heterocycles. The number of hydrogen-bond acceptors (Lipinski definition) is 4. The lowest BCUT2D eigenvalue weighted by Gasteiger charge is -2.08. The largest absolute Gasteiger partial charge is 0.315 e. The summed E-state index contributed by atoms with van der Waals surface area (Å²) in [5, 5.41) is 3.14. The monoisotopic (exact) mass is 320 g/mol. The Morgan fingerprint density at radius 3 is 2.62 bits per heavy atom. The van der Waals surface area contributed by atoms with Gasteiger partial charge in [-0.15, -0.1) is 0 Å². The third kappa shape index (κ3) is 2.90. The number of H-pyrrole nitrogens is 1. The van der Waals surface area contributed by atoms with E-state index in [1.165, 1.54) is 0 Å². The number of benzene rings is 2. The zero-order valence-electron chi connectivity index (χ0n) is 10.9. The minimum Gasteiger partial charge on any atom is -0.315 e. The number of fused-ring (bicyclic) bond motifs is 1. The van der Waals surface area contributed by atoms with Gasteiger partial charge in [-0.2, -0.15) is 0 Å². The molecule has 2 N–H and O–H groups in total. The van der Waals surface area contributed by atoms with E-state index in [0.29, 0.717) is 11.1 Å². The first-order valence-electron chi connectivity index (χ1n) is 6.20. The van der Waals surface area contributed by atoms with Gasteiger partial charge < -0.3 is 4.98 Å². The lowest BCUT2D eigenvalue weighted by Crippen LogP contribution is -2.24. The Bertz CT molecular complexity index is 937. The van der Waals surface area contributed by atoms with Crippen molar-refractivity contribution in [2.24, 2.45) is 0 Å². The number of thiazole rings is 1. The summed E-state index contributed by atoms with van der Waals surface area (Å²) in [7, 11) is -3.64. The molecule has 0 aliphatic heterocycles. The molecule has 0 radical (unpaired) electrons. The van der Waals surface area contributed by atoms with Gasteiger partial charge >= 0.3 is 4.87 Å². The van der Waals surface area contributed by atoms with Crippen LogP contribution in [0.2, 0.25) is 0 Å². The van der Waals surface area contributed by atoms with Crippen LogP contribution in [0.1, 0.15) is 5.69 Å². The maximum Gasteiger partial charge on any atom is 0.304 e. The smallest absolute Gasteiger partial charge is 0.304 e. The maximum absolute atomic E-state index is 12.4. The van der Waals surface area contributed by atoms with Gasteiger partial charge in [0.15, 0.2) is 0 Å². The van der Waals surface area contributed by atoms with E-state index in [4.69, 9.17) is 0 Å². The van der Waals surface area contributed by atoms with Crippen molar-refractivity contribution in [3.63, 3.8) is 0 Å². The minimum atomic E-state index is -3.64. The van der Waals surface area contributed by atoms with E-state index in [2.05, 4.69) is 9.71 Å². The van der Waals surface area contributed by atoms with Crippen molar-refractivity contribution in [3.05, 3.63) is 63.2 Å². The number of sulfonamides is 1. The van der Waals surface area contributed by atoms with Gasteiger partial charge in [0.1, 0.15) is 0 Å². The molecule has 0 unspecified atom stereocenters. The fraction of sp³-hybridized carbons (Fsp3) is 0.0714. The molecule has 0 aliphatic rings. The topological polar surface area (TPSA) is 79.0 Å². The maximum atomic E-state index is 12.4. The summed E-state index contributed by atoms with van der Waals surface area (Å²) in [6, 6.07) is 12.5. The van der Waals surface area contributed by atoms with E-state index in [1.54, 1.807) is 29.6 Å². The van der Waals surface area contributed by atoms with Gasteiger partial charge in [-0.25, -0.2) is 13.1 Å². The number of hydrogen-bond donors (Lipinski definition) is 2. The zero-order chi connectivity index (χ0) is 14.9. The Balaban J connectivity index is 1.95. The molecule has 108 valence electrons. The molecule has 0 saturated carbocycles. The second-order valence-electron chi connectivity index (χ2n) is 4.48. The molecular weight excluding hydrogens is 308 g/mol. The Morgan fingerprint density at radius 2 is 1.86 bits per heavy atom. The molecule has 0 spiro atoms. The minimum absolute atomic E-state index is 0.0598. The molecule has 3 rings (SSSR count). The van der Waals surface area contributed by atoms with Gasteiger partial charge in [0, 0.05) is 16.5 Å². The van der Waals surface area contributed by atoms with Gasteiger partial charge in [0.25, 0.3) is 0 Å². The van der Waals surface area contributed by atoms with Crippen LogP contribution in [0.15, 0.2) is 57.5 Å². The summed E-state index contributed by atoms with van der Waals surface area (Å²) in [4.78, 5) is 13.7. The van der Waals surface area contributed by atoms with Crippen molar-refractivity contribution in [1.29, 1.82) is 0 Å². The van der Waals surface area contributed by atoms with Gasteiger partial charge in [0.2, 0.25) is 10.0 Å². The Labute approximate surface area is 125 Å². The molecule has 3 aromatic rings. The third-order valence-corrected chi connectivity index (χ3v) is 5.24. The highest BCUT2D eigenvalue weighted by molar-refractivity contribution is 7.89. The molecular formula is C14H12N2O3S2. The second kappa shape index (κ2) is 5.44. The average molecular weight is 320 g/mol. The zero-order valence-corrected chi connectivity index (χ0v) is 12.5. The quantitative estimate of drug-likeness (QED) is 0.772. The molecule has 1 heterocycles. The molecule has 5 nitrogen and oxygen atoms in total. The summed E-state index contributed by atoms with van der Waals surface area (Å²) in [5.74, 6) is 0. The van der Waals surface area contributed by atoms with Crippen LogP contribution in [0.4, 0.5) is 0 Å². The van der Waals surface area contributed by atoms with E-state index in [-0.39, 0.29) is 16.3 Å². The van der Waals surface area contributed by atoms with Gasteiger partial charge in [-0.05, 0) is 11.5 Å². The summed E-state index contributed by atoms with van der Waals surface area (Å²) >= 11 is 1.01. The highest BCUT2D eigenvalue weighted by Crippen LogP contribution is 2.22. The van der Waals surface area contributed by atoms with Crippen LogP contribution in [0.5, 0.6) is 0 Å². The van der Waals surface area contributed by atoms with Gasteiger partial charge in [-0.3, -0.25) is 4.79 Å². The molecule has 0 fully saturated rings. The van der Waals surface area contributed by atoms with E-state index < -0.39 is 10.0 Å². The first-order valence-corrected chi connectivity index (χ1v) is 8.57. The van der Waals surface area contributed by atoms with Crippen molar-refractivity contribution in [2.75, 3.05) is 0 Å². The van der Waals surface area contributed by atoms with Crippen LogP contribution in [0.25, 0.3) is 10.8 Å². The van der Waals surface area contributed by atoms with Crippen LogP contribution >= 0.6 is 11.3 Å². The van der Waals surface area contributed by atoms with E-state index in [0.717, 1.165) is 16.7 Å². The fourth-order valence-electron chi connectivity index (χ4n) is 2.08. The first kappa shape index (κ1) is 14.0. The molecule has 0 atom stereocenters. The van der Waals surface area contributed by atoms with Gasteiger partial charge in [-0.1, -0.05) is 47.7 Å². The fourth-order valence-corrected chi connectivity index (χ4v) is 3.90. The molecule has 1 aromatic heterocycles. The highest BCUT2D eigenvalue weighted by Gasteiger charge is 2.16. The summed E-state index contributed by atoms with van der Waals surface area (Å²) in [6.07, 6.45) is 0. The Hall–Kier alpha value is -1.96. The lowest BCUT2D eigenvalue weighted by atomic mass is 10.1. The van der Waals surface area contributed by atoms with Gasteiger partial charge in [0.05, 0.1) is 11.4 Å². The summed E-state index contributed by atoms with van der Waals surface area (Å²) in [5.41, 5.74) is 0.550. The predicted octanol–water partition coefficient (Wildman–Crippen LogP) is 2.07. The standard InChI is InChI=1S/C14H12N2O3S2/c17-14-16-11(9-20-14)8-15-21(18,19)13-7-3-5-10-4-1-2-6-12(10)13/h1-7,9,15H,8H2,(H,16,17). The van der Waals surface area contributed by atoms with Crippen LogP contribution in [-0.2, 0) is 16.6 Å². The molecule has 0 aliphatic carbocycles. The SMILES string of the molecule is O=c1[nH]c(CNS(=O)(=O)c2cccc3ccccc23)cs1. The first-order chi connectivity index (χ1) is 10.1. The van der Waals surface area contributed by atoms with Crippen LogP contribution in [-0.4, -0.2) is 13.4 Å². The lowest BCUT2D eigenvalue weighted by molar-refractivity contribution is 0.581. The number of aromatic nitrogens is 1. The predicted molar refractivity (Wildman–Crippen MR) is 82.9 cm³/mol. The molecule has 0 amide bonds. The van der Waals surface area contributed by atoms with E-state index in [9.17, 15) is 13.2 Å². The van der Waals surface area contributed by atoms with E-state index >= 15 is 0 Å². The third-order valence-electron chi connectivity index (χ3n) is 3.06. The normalized spacial score (nSPS) is 11.8. The van der Waals surface area contributed by atoms with E-state index in [1.807, 2.05) is 18.2 Å². The van der Waals surface area contributed by atoms with Crippen molar-refractivity contribution in [1.82, 2.24) is 9.71 Å². The van der Waals surface area contributed by atoms with Crippen LogP contribution in [0, 0.1) is 0 Å². The van der Waals surface area contributed by atoms with Crippen molar-refractivity contribution in [3.8, 4) is 0 Å². The van der Waals surface area contributed by atoms with Crippen molar-refractivity contribution < 1.29 is 8.42 Å². The number of aromatic amines is 1. The molecule has 0 bridgehead atoms. The Kier molecular flexibility index (Phi) is 3.62. The average Bonchev–Trinajstić information content (AvgIpc) is 2.90. The van der Waals surface area contributed by atoms with Crippen molar-refractivity contribution in [2.45, 2.75) is 11.4 Å². The highest BCUT2D eigenvalue weighted by atomic mass is 32.2. The summed E-state index contributed by atoms with van der Waals surface area (Å²) < 4.78 is 27.4. The molecule has 2 aromatic carbocycles. The van der Waals surface area contributed by atoms with Crippen LogP contribution in [0.3, 0.4) is 0 Å². The molecule has 7 heteroatoms. The van der Waals surface area contributed by atoms with Crippen LogP contribution < -0.4 is 9.60 Å².